The summed E-state index contributed by atoms with van der Waals surface area (Å²) in [6.07, 6.45) is 4.01. The molecule has 1 aromatic heterocycles. The fraction of sp³-hybridized carbons (Fsp3) is 0.333. The van der Waals surface area contributed by atoms with Gasteiger partial charge in [0.05, 0.1) is 0 Å². The van der Waals surface area contributed by atoms with Crippen molar-refractivity contribution in [3.63, 3.8) is 0 Å². The fourth-order valence-corrected chi connectivity index (χ4v) is 4.26. The van der Waals surface area contributed by atoms with Crippen molar-refractivity contribution >= 4 is 10.9 Å². The molecule has 0 saturated carbocycles. The Morgan fingerprint density at radius 2 is 1.78 bits per heavy atom. The van der Waals surface area contributed by atoms with Crippen molar-refractivity contribution in [2.75, 3.05) is 6.61 Å². The molecule has 2 nitrogen and oxygen atoms in total. The second kappa shape index (κ2) is 5.86. The van der Waals surface area contributed by atoms with Gasteiger partial charge in [-0.15, -0.1) is 0 Å². The second-order valence-electron chi connectivity index (χ2n) is 6.65. The van der Waals surface area contributed by atoms with Crippen LogP contribution in [0.1, 0.15) is 41.1 Å². The van der Waals surface area contributed by atoms with E-state index in [0.717, 1.165) is 25.7 Å². The number of hydrogen-bond donors (Lipinski definition) is 1. The van der Waals surface area contributed by atoms with Crippen LogP contribution in [0.2, 0.25) is 0 Å². The van der Waals surface area contributed by atoms with E-state index in [-0.39, 0.29) is 6.61 Å². The lowest BCUT2D eigenvalue weighted by Gasteiger charge is -2.18. The smallest absolute Gasteiger partial charge is 0.0482 e. The first-order valence-electron chi connectivity index (χ1n) is 8.53. The maximum Gasteiger partial charge on any atom is 0.0482 e. The number of benzene rings is 2. The van der Waals surface area contributed by atoms with Crippen LogP contribution in [0.4, 0.5) is 0 Å². The number of aliphatic hydroxyl groups is 1. The van der Waals surface area contributed by atoms with Crippen LogP contribution in [0.15, 0.2) is 48.5 Å². The molecule has 2 heteroatoms. The number of aliphatic hydroxyl groups excluding tert-OH is 1. The molecule has 118 valence electrons. The normalized spacial score (nSPS) is 16.9. The number of rotatable bonds is 3. The molecule has 2 aromatic carbocycles. The molecule has 1 N–H and O–H groups in total. The van der Waals surface area contributed by atoms with Crippen LogP contribution in [0.5, 0.6) is 0 Å². The first-order chi connectivity index (χ1) is 11.3. The Bertz CT molecular complexity index is 846. The number of hydrogen-bond acceptors (Lipinski definition) is 1. The van der Waals surface area contributed by atoms with Gasteiger partial charge in [-0.1, -0.05) is 42.5 Å². The van der Waals surface area contributed by atoms with Gasteiger partial charge in [0.15, 0.2) is 0 Å². The zero-order valence-electron chi connectivity index (χ0n) is 13.6. The number of para-hydroxylation sites is 1. The number of aromatic nitrogens is 1. The Morgan fingerprint density at radius 3 is 2.61 bits per heavy atom. The third kappa shape index (κ3) is 2.38. The van der Waals surface area contributed by atoms with Crippen LogP contribution in [-0.4, -0.2) is 16.3 Å². The third-order valence-electron chi connectivity index (χ3n) is 5.31. The SMILES string of the molecule is Cn1c2c(c3ccccc31)Cc1ccccc1CC2CCCO. The van der Waals surface area contributed by atoms with Crippen molar-refractivity contribution < 1.29 is 5.11 Å². The molecule has 0 saturated heterocycles. The molecular weight excluding hydrogens is 282 g/mol. The van der Waals surface area contributed by atoms with E-state index in [4.69, 9.17) is 0 Å². The Hall–Kier alpha value is -2.06. The molecule has 0 spiro atoms. The number of nitrogens with zero attached hydrogens (tertiary/aromatic N) is 1. The van der Waals surface area contributed by atoms with Gasteiger partial charge in [-0.2, -0.15) is 0 Å². The Kier molecular flexibility index (Phi) is 3.70. The maximum absolute atomic E-state index is 9.31. The molecule has 0 amide bonds. The number of fused-ring (bicyclic) bond motifs is 4. The molecule has 1 atom stereocenters. The van der Waals surface area contributed by atoms with Crippen molar-refractivity contribution in [2.24, 2.45) is 7.05 Å². The van der Waals surface area contributed by atoms with E-state index < -0.39 is 0 Å². The molecule has 3 aromatic rings. The highest BCUT2D eigenvalue weighted by Gasteiger charge is 2.26. The first kappa shape index (κ1) is 14.5. The quantitative estimate of drug-likeness (QED) is 0.771. The lowest BCUT2D eigenvalue weighted by atomic mass is 9.91. The minimum Gasteiger partial charge on any atom is -0.396 e. The molecule has 0 radical (unpaired) electrons. The minimum atomic E-state index is 0.275. The van der Waals surface area contributed by atoms with Crippen molar-refractivity contribution in [1.29, 1.82) is 0 Å². The van der Waals surface area contributed by atoms with E-state index in [1.165, 1.54) is 33.3 Å². The zero-order valence-corrected chi connectivity index (χ0v) is 13.6. The first-order valence-corrected chi connectivity index (χ1v) is 8.53. The molecule has 1 unspecified atom stereocenters. The van der Waals surface area contributed by atoms with E-state index in [2.05, 4.69) is 60.1 Å². The largest absolute Gasteiger partial charge is 0.396 e. The Morgan fingerprint density at radius 1 is 1.04 bits per heavy atom. The van der Waals surface area contributed by atoms with Crippen molar-refractivity contribution in [3.8, 4) is 0 Å². The lowest BCUT2D eigenvalue weighted by Crippen LogP contribution is -2.09. The summed E-state index contributed by atoms with van der Waals surface area (Å²) in [4.78, 5) is 0. The van der Waals surface area contributed by atoms with Gasteiger partial charge in [-0.25, -0.2) is 0 Å². The second-order valence-corrected chi connectivity index (χ2v) is 6.65. The van der Waals surface area contributed by atoms with E-state index in [9.17, 15) is 5.11 Å². The summed E-state index contributed by atoms with van der Waals surface area (Å²) in [5.41, 5.74) is 7.20. The van der Waals surface area contributed by atoms with E-state index >= 15 is 0 Å². The van der Waals surface area contributed by atoms with Gasteiger partial charge in [-0.05, 0) is 42.0 Å². The summed E-state index contributed by atoms with van der Waals surface area (Å²) < 4.78 is 2.39. The summed E-state index contributed by atoms with van der Waals surface area (Å²) in [6, 6.07) is 17.6. The standard InChI is InChI=1S/C21H23NO/c1-22-20-11-5-4-10-18(20)19-14-16-8-3-2-7-15(16)13-17(21(19)22)9-6-12-23/h2-5,7-8,10-11,17,23H,6,9,12-14H2,1H3. The van der Waals surface area contributed by atoms with Gasteiger partial charge in [0, 0.05) is 42.6 Å². The summed E-state index contributed by atoms with van der Waals surface area (Å²) in [6.45, 7) is 0.275. The van der Waals surface area contributed by atoms with Gasteiger partial charge in [0.25, 0.3) is 0 Å². The predicted molar refractivity (Wildman–Crippen MR) is 94.9 cm³/mol. The average molecular weight is 305 g/mol. The van der Waals surface area contributed by atoms with Crippen LogP contribution in [0.3, 0.4) is 0 Å². The maximum atomic E-state index is 9.31. The van der Waals surface area contributed by atoms with Crippen molar-refractivity contribution in [3.05, 3.63) is 70.9 Å². The molecule has 1 aliphatic carbocycles. The van der Waals surface area contributed by atoms with Gasteiger partial charge >= 0.3 is 0 Å². The summed E-state index contributed by atoms with van der Waals surface area (Å²) in [5, 5.41) is 10.7. The highest BCUT2D eigenvalue weighted by Crippen LogP contribution is 2.39. The highest BCUT2D eigenvalue weighted by atomic mass is 16.2. The summed E-state index contributed by atoms with van der Waals surface area (Å²) >= 11 is 0. The fourth-order valence-electron chi connectivity index (χ4n) is 4.26. The minimum absolute atomic E-state index is 0.275. The predicted octanol–water partition coefficient (Wildman–Crippen LogP) is 4.18. The molecule has 23 heavy (non-hydrogen) atoms. The van der Waals surface area contributed by atoms with Gasteiger partial charge in [0.2, 0.25) is 0 Å². The topological polar surface area (TPSA) is 25.2 Å². The molecule has 0 aliphatic heterocycles. The van der Waals surface area contributed by atoms with Crippen LogP contribution in [-0.2, 0) is 19.9 Å². The van der Waals surface area contributed by atoms with Crippen LogP contribution < -0.4 is 0 Å². The average Bonchev–Trinajstić information content (AvgIpc) is 2.76. The molecule has 1 aliphatic rings. The zero-order chi connectivity index (χ0) is 15.8. The highest BCUT2D eigenvalue weighted by molar-refractivity contribution is 5.86. The Labute approximate surface area is 137 Å². The van der Waals surface area contributed by atoms with Crippen LogP contribution >= 0.6 is 0 Å². The van der Waals surface area contributed by atoms with Gasteiger partial charge in [-0.3, -0.25) is 0 Å². The molecule has 0 fully saturated rings. The Balaban J connectivity index is 1.93. The summed E-state index contributed by atoms with van der Waals surface area (Å²) in [5.74, 6) is 0.484. The monoisotopic (exact) mass is 305 g/mol. The van der Waals surface area contributed by atoms with Gasteiger partial charge in [0.1, 0.15) is 0 Å². The van der Waals surface area contributed by atoms with Crippen LogP contribution in [0, 0.1) is 0 Å². The van der Waals surface area contributed by atoms with Crippen LogP contribution in [0.25, 0.3) is 10.9 Å². The lowest BCUT2D eigenvalue weighted by molar-refractivity contribution is 0.278. The molecule has 1 heterocycles. The van der Waals surface area contributed by atoms with Crippen molar-refractivity contribution in [1.82, 2.24) is 4.57 Å². The molecule has 0 bridgehead atoms. The van der Waals surface area contributed by atoms with E-state index in [1.54, 1.807) is 0 Å². The molecule has 4 rings (SSSR count). The van der Waals surface area contributed by atoms with Crippen molar-refractivity contribution in [2.45, 2.75) is 31.6 Å². The summed E-state index contributed by atoms with van der Waals surface area (Å²) in [7, 11) is 2.20. The van der Waals surface area contributed by atoms with E-state index in [0.29, 0.717) is 5.92 Å². The molecular formula is C21H23NO. The van der Waals surface area contributed by atoms with Gasteiger partial charge < -0.3 is 9.67 Å². The van der Waals surface area contributed by atoms with E-state index in [1.807, 2.05) is 0 Å². The third-order valence-corrected chi connectivity index (χ3v) is 5.31. The number of aryl methyl sites for hydroxylation is 1.